The molecule has 132 valence electrons. The van der Waals surface area contributed by atoms with Crippen molar-refractivity contribution in [2.24, 2.45) is 0 Å². The van der Waals surface area contributed by atoms with Gasteiger partial charge in [-0.25, -0.2) is 0 Å². The normalized spacial score (nSPS) is 16.0. The molecule has 26 heavy (non-hydrogen) atoms. The zero-order valence-electron chi connectivity index (χ0n) is 14.7. The van der Waals surface area contributed by atoms with Crippen molar-refractivity contribution in [2.75, 3.05) is 23.3 Å². The molecule has 0 unspecified atom stereocenters. The van der Waals surface area contributed by atoms with Crippen molar-refractivity contribution in [2.45, 2.75) is 19.4 Å². The predicted molar refractivity (Wildman–Crippen MR) is 103 cm³/mol. The Balaban J connectivity index is 1.54. The molecule has 3 rings (SSSR count). The molecule has 5 nitrogen and oxygen atoms in total. The molecule has 1 heterocycles. The summed E-state index contributed by atoms with van der Waals surface area (Å²) in [5, 5.41) is 5.38. The molecule has 0 saturated carbocycles. The van der Waals surface area contributed by atoms with Crippen LogP contribution < -0.4 is 15.5 Å². The van der Waals surface area contributed by atoms with Crippen LogP contribution in [0, 0.1) is 19.3 Å². The molecule has 0 spiro atoms. The molecule has 2 aromatic rings. The molecule has 1 aliphatic rings. The summed E-state index contributed by atoms with van der Waals surface area (Å²) in [6.07, 6.45) is 6.15. The minimum atomic E-state index is -0.687. The summed E-state index contributed by atoms with van der Waals surface area (Å²) in [6.45, 7) is 3.59. The lowest BCUT2D eigenvalue weighted by molar-refractivity contribution is -0.136. The van der Waals surface area contributed by atoms with E-state index in [9.17, 15) is 9.59 Å². The third kappa shape index (κ3) is 4.22. The van der Waals surface area contributed by atoms with Crippen LogP contribution in [0.4, 0.5) is 11.4 Å². The maximum absolute atomic E-state index is 12.2. The number of hydrogen-bond donors (Lipinski definition) is 2. The standard InChI is InChI=1S/C21H21N3O2/c1-3-16-5-4-6-17(13-16)22-20(25)21(26)23-18-11-12-24(14-18)19-9-7-15(2)8-10-19/h1,4-10,13,18H,11-12,14H2,2H3,(H,22,25)(H,23,26)/t18-/m1/s1. The van der Waals surface area contributed by atoms with Gasteiger partial charge in [0.15, 0.2) is 0 Å². The summed E-state index contributed by atoms with van der Waals surface area (Å²) in [6, 6.07) is 15.1. The minimum Gasteiger partial charge on any atom is -0.369 e. The highest BCUT2D eigenvalue weighted by molar-refractivity contribution is 6.39. The lowest BCUT2D eigenvalue weighted by Crippen LogP contribution is -2.43. The maximum atomic E-state index is 12.2. The molecular formula is C21H21N3O2. The second-order valence-electron chi connectivity index (χ2n) is 6.42. The number of rotatable bonds is 3. The molecule has 5 heteroatoms. The lowest BCUT2D eigenvalue weighted by Gasteiger charge is -2.19. The number of terminal acetylenes is 1. The van der Waals surface area contributed by atoms with Crippen molar-refractivity contribution in [1.29, 1.82) is 0 Å². The Morgan fingerprint density at radius 1 is 1.15 bits per heavy atom. The Bertz CT molecular complexity index is 852. The first kappa shape index (κ1) is 17.6. The summed E-state index contributed by atoms with van der Waals surface area (Å²) in [7, 11) is 0. The molecular weight excluding hydrogens is 326 g/mol. The van der Waals surface area contributed by atoms with Crippen LogP contribution in [0.2, 0.25) is 0 Å². The molecule has 1 fully saturated rings. The van der Waals surface area contributed by atoms with Crippen LogP contribution in [0.3, 0.4) is 0 Å². The molecule has 0 aliphatic carbocycles. The van der Waals surface area contributed by atoms with Crippen LogP contribution in [0.5, 0.6) is 0 Å². The molecule has 2 N–H and O–H groups in total. The van der Waals surface area contributed by atoms with E-state index in [-0.39, 0.29) is 6.04 Å². The van der Waals surface area contributed by atoms with Crippen LogP contribution in [-0.4, -0.2) is 30.9 Å². The topological polar surface area (TPSA) is 61.4 Å². The number of carbonyl (C=O) groups excluding carboxylic acids is 2. The summed E-state index contributed by atoms with van der Waals surface area (Å²) >= 11 is 0. The number of benzene rings is 2. The van der Waals surface area contributed by atoms with E-state index in [0.717, 1.165) is 18.7 Å². The van der Waals surface area contributed by atoms with Crippen molar-refractivity contribution < 1.29 is 9.59 Å². The Kier molecular flexibility index (Phi) is 5.23. The van der Waals surface area contributed by atoms with Gasteiger partial charge in [-0.15, -0.1) is 6.42 Å². The van der Waals surface area contributed by atoms with E-state index in [0.29, 0.717) is 17.8 Å². The molecule has 2 aromatic carbocycles. The van der Waals surface area contributed by atoms with E-state index in [1.807, 2.05) is 0 Å². The lowest BCUT2D eigenvalue weighted by atomic mass is 10.2. The van der Waals surface area contributed by atoms with Crippen molar-refractivity contribution in [3.05, 3.63) is 59.7 Å². The molecule has 0 radical (unpaired) electrons. The Labute approximate surface area is 153 Å². The van der Waals surface area contributed by atoms with Crippen LogP contribution in [0.25, 0.3) is 0 Å². The molecule has 1 aliphatic heterocycles. The van der Waals surface area contributed by atoms with Crippen molar-refractivity contribution in [3.8, 4) is 12.3 Å². The monoisotopic (exact) mass is 347 g/mol. The Hall–Kier alpha value is -3.26. The van der Waals surface area contributed by atoms with Gasteiger partial charge >= 0.3 is 11.8 Å². The van der Waals surface area contributed by atoms with Gasteiger partial charge in [0, 0.05) is 36.1 Å². The SMILES string of the molecule is C#Cc1cccc(NC(=O)C(=O)N[C@@H]2CCN(c3ccc(C)cc3)C2)c1. The van der Waals surface area contributed by atoms with E-state index in [4.69, 9.17) is 6.42 Å². The van der Waals surface area contributed by atoms with Crippen molar-refractivity contribution in [1.82, 2.24) is 5.32 Å². The fraction of sp³-hybridized carbons (Fsp3) is 0.238. The largest absolute Gasteiger partial charge is 0.369 e. The molecule has 1 saturated heterocycles. The van der Waals surface area contributed by atoms with Crippen LogP contribution in [-0.2, 0) is 9.59 Å². The fourth-order valence-electron chi connectivity index (χ4n) is 2.99. The van der Waals surface area contributed by atoms with E-state index in [2.05, 4.69) is 52.6 Å². The quantitative estimate of drug-likeness (QED) is 0.662. The second kappa shape index (κ2) is 7.75. The van der Waals surface area contributed by atoms with Gasteiger partial charge in [0.05, 0.1) is 0 Å². The Morgan fingerprint density at radius 3 is 2.65 bits per heavy atom. The van der Waals surface area contributed by atoms with Gasteiger partial charge in [-0.2, -0.15) is 0 Å². The highest BCUT2D eigenvalue weighted by Crippen LogP contribution is 2.20. The molecule has 0 aromatic heterocycles. The third-order valence-corrected chi connectivity index (χ3v) is 4.42. The van der Waals surface area contributed by atoms with Crippen molar-refractivity contribution >= 4 is 23.2 Å². The molecule has 0 bridgehead atoms. The van der Waals surface area contributed by atoms with Gasteiger partial charge in [0.1, 0.15) is 0 Å². The van der Waals surface area contributed by atoms with Crippen LogP contribution >= 0.6 is 0 Å². The number of nitrogens with one attached hydrogen (secondary N) is 2. The van der Waals surface area contributed by atoms with Crippen LogP contribution in [0.15, 0.2) is 48.5 Å². The number of amides is 2. The van der Waals surface area contributed by atoms with Gasteiger partial charge in [0.25, 0.3) is 0 Å². The average molecular weight is 347 g/mol. The molecule has 1 atom stereocenters. The van der Waals surface area contributed by atoms with Crippen molar-refractivity contribution in [3.63, 3.8) is 0 Å². The first-order valence-corrected chi connectivity index (χ1v) is 8.55. The first-order chi connectivity index (χ1) is 12.5. The number of aryl methyl sites for hydroxylation is 1. The Morgan fingerprint density at radius 2 is 1.92 bits per heavy atom. The number of nitrogens with zero attached hydrogens (tertiary/aromatic N) is 1. The van der Waals surface area contributed by atoms with Gasteiger partial charge in [-0.1, -0.05) is 29.7 Å². The van der Waals surface area contributed by atoms with E-state index < -0.39 is 11.8 Å². The summed E-state index contributed by atoms with van der Waals surface area (Å²) < 4.78 is 0. The van der Waals surface area contributed by atoms with Gasteiger partial charge in [0.2, 0.25) is 0 Å². The predicted octanol–water partition coefficient (Wildman–Crippen LogP) is 2.31. The number of hydrogen-bond acceptors (Lipinski definition) is 3. The third-order valence-electron chi connectivity index (χ3n) is 4.42. The first-order valence-electron chi connectivity index (χ1n) is 8.55. The zero-order chi connectivity index (χ0) is 18.5. The highest BCUT2D eigenvalue weighted by Gasteiger charge is 2.26. The zero-order valence-corrected chi connectivity index (χ0v) is 14.7. The minimum absolute atomic E-state index is 0.0494. The smallest absolute Gasteiger partial charge is 0.313 e. The van der Waals surface area contributed by atoms with Gasteiger partial charge in [-0.05, 0) is 43.7 Å². The number of anilines is 2. The summed E-state index contributed by atoms with van der Waals surface area (Å²) in [5.74, 6) is 1.18. The molecule has 2 amide bonds. The van der Waals surface area contributed by atoms with Gasteiger partial charge < -0.3 is 15.5 Å². The maximum Gasteiger partial charge on any atom is 0.313 e. The summed E-state index contributed by atoms with van der Waals surface area (Å²) in [5.41, 5.74) is 3.49. The average Bonchev–Trinajstić information content (AvgIpc) is 3.11. The van der Waals surface area contributed by atoms with E-state index >= 15 is 0 Å². The van der Waals surface area contributed by atoms with E-state index in [1.54, 1.807) is 24.3 Å². The fourth-order valence-corrected chi connectivity index (χ4v) is 2.99. The van der Waals surface area contributed by atoms with E-state index in [1.165, 1.54) is 5.56 Å². The summed E-state index contributed by atoms with van der Waals surface area (Å²) in [4.78, 5) is 26.5. The number of carbonyl (C=O) groups is 2. The van der Waals surface area contributed by atoms with Gasteiger partial charge in [-0.3, -0.25) is 9.59 Å². The van der Waals surface area contributed by atoms with Crippen LogP contribution in [0.1, 0.15) is 17.5 Å². The second-order valence-corrected chi connectivity index (χ2v) is 6.42. The highest BCUT2D eigenvalue weighted by atomic mass is 16.2.